The van der Waals surface area contributed by atoms with Gasteiger partial charge in [-0.25, -0.2) is 0 Å². The summed E-state index contributed by atoms with van der Waals surface area (Å²) >= 11 is 6.15. The number of primary amides is 1. The number of allylic oxidation sites excluding steroid dienone is 1. The Bertz CT molecular complexity index is 984. The first-order valence-corrected chi connectivity index (χ1v) is 8.41. The van der Waals surface area contributed by atoms with Gasteiger partial charge in [0.05, 0.1) is 12.2 Å². The number of Topliss-reactive ketones (excluding diaryl/α,β-unsaturated/α-hetero) is 1. The molecule has 0 atom stereocenters. The molecule has 0 radical (unpaired) electrons. The summed E-state index contributed by atoms with van der Waals surface area (Å²) in [5, 5.41) is 0.500. The number of ketones is 1. The number of rotatable bonds is 4. The number of amides is 1. The third kappa shape index (κ3) is 3.47. The number of halogens is 1. The first kappa shape index (κ1) is 17.4. The molecule has 138 valence electrons. The van der Waals surface area contributed by atoms with Crippen LogP contribution in [0.25, 0.3) is 6.08 Å². The molecule has 0 saturated heterocycles. The molecule has 2 aliphatic rings. The molecule has 0 unspecified atom stereocenters. The van der Waals surface area contributed by atoms with Crippen LogP contribution in [0.15, 0.2) is 36.1 Å². The standard InChI is InChI=1S/C19H14ClNO6/c20-12-3-10(19-11(4-12)7-24-9-26-19)5-16-18(23)14-2-1-13(6-15(14)27-16)25-8-17(21)22/h1-6H,7-9H2,(H2,21,22)/b16-5-. The van der Waals surface area contributed by atoms with Crippen LogP contribution in [0.4, 0.5) is 0 Å². The van der Waals surface area contributed by atoms with Crippen LogP contribution in [0.1, 0.15) is 21.5 Å². The van der Waals surface area contributed by atoms with Gasteiger partial charge in [-0.3, -0.25) is 9.59 Å². The monoisotopic (exact) mass is 387 g/mol. The summed E-state index contributed by atoms with van der Waals surface area (Å²) in [7, 11) is 0. The summed E-state index contributed by atoms with van der Waals surface area (Å²) in [6, 6.07) is 8.14. The van der Waals surface area contributed by atoms with E-state index >= 15 is 0 Å². The lowest BCUT2D eigenvalue weighted by atomic mass is 10.1. The lowest BCUT2D eigenvalue weighted by Crippen LogP contribution is -2.19. The second kappa shape index (κ2) is 6.94. The largest absolute Gasteiger partial charge is 0.484 e. The van der Waals surface area contributed by atoms with E-state index in [1.807, 2.05) is 0 Å². The molecule has 1 amide bonds. The summed E-state index contributed by atoms with van der Waals surface area (Å²) in [5.74, 6) is 0.596. The number of carbonyl (C=O) groups is 2. The van der Waals surface area contributed by atoms with E-state index in [9.17, 15) is 9.59 Å². The minimum Gasteiger partial charge on any atom is -0.484 e. The van der Waals surface area contributed by atoms with E-state index in [0.29, 0.717) is 40.0 Å². The van der Waals surface area contributed by atoms with Crippen LogP contribution in [0.3, 0.4) is 0 Å². The molecule has 0 aromatic heterocycles. The predicted octanol–water partition coefficient (Wildman–Crippen LogP) is 2.69. The van der Waals surface area contributed by atoms with Crippen LogP contribution in [-0.2, 0) is 16.1 Å². The molecule has 0 bridgehead atoms. The van der Waals surface area contributed by atoms with Crippen molar-refractivity contribution in [1.29, 1.82) is 0 Å². The fourth-order valence-electron chi connectivity index (χ4n) is 2.87. The fourth-order valence-corrected chi connectivity index (χ4v) is 3.12. The molecular formula is C19H14ClNO6. The lowest BCUT2D eigenvalue weighted by Gasteiger charge is -2.20. The Kier molecular flexibility index (Phi) is 4.47. The molecule has 2 aromatic rings. The number of ether oxygens (including phenoxy) is 4. The van der Waals surface area contributed by atoms with Crippen LogP contribution < -0.4 is 19.9 Å². The second-order valence-corrected chi connectivity index (χ2v) is 6.38. The maximum Gasteiger partial charge on any atom is 0.255 e. The molecule has 2 heterocycles. The van der Waals surface area contributed by atoms with Crippen molar-refractivity contribution in [1.82, 2.24) is 0 Å². The van der Waals surface area contributed by atoms with Crippen LogP contribution >= 0.6 is 11.6 Å². The normalized spacial score (nSPS) is 16.3. The van der Waals surface area contributed by atoms with E-state index in [0.717, 1.165) is 5.56 Å². The SMILES string of the molecule is NC(=O)COc1ccc2c(c1)O/C(=C\c1cc(Cl)cc3c1OCOC3)C2=O. The van der Waals surface area contributed by atoms with Crippen molar-refractivity contribution in [2.24, 2.45) is 5.73 Å². The summed E-state index contributed by atoms with van der Waals surface area (Å²) in [5.41, 5.74) is 6.88. The van der Waals surface area contributed by atoms with Crippen LogP contribution in [0.5, 0.6) is 17.2 Å². The minimum absolute atomic E-state index is 0.125. The number of nitrogens with two attached hydrogens (primary N) is 1. The topological polar surface area (TPSA) is 97.1 Å². The smallest absolute Gasteiger partial charge is 0.255 e. The summed E-state index contributed by atoms with van der Waals surface area (Å²) in [4.78, 5) is 23.5. The van der Waals surface area contributed by atoms with Gasteiger partial charge in [-0.1, -0.05) is 11.6 Å². The second-order valence-electron chi connectivity index (χ2n) is 5.95. The van der Waals surface area contributed by atoms with Gasteiger partial charge in [-0.15, -0.1) is 0 Å². The number of fused-ring (bicyclic) bond motifs is 2. The summed E-state index contributed by atoms with van der Waals surface area (Å²) < 4.78 is 21.7. The van der Waals surface area contributed by atoms with Crippen molar-refractivity contribution in [3.8, 4) is 17.2 Å². The Labute approximate surface area is 159 Å². The van der Waals surface area contributed by atoms with Crippen molar-refractivity contribution in [3.63, 3.8) is 0 Å². The van der Waals surface area contributed by atoms with Gasteiger partial charge < -0.3 is 24.7 Å². The number of benzene rings is 2. The zero-order valence-corrected chi connectivity index (χ0v) is 14.7. The quantitative estimate of drug-likeness (QED) is 0.810. The third-order valence-corrected chi connectivity index (χ3v) is 4.23. The van der Waals surface area contributed by atoms with Crippen molar-refractivity contribution in [2.45, 2.75) is 6.61 Å². The highest BCUT2D eigenvalue weighted by molar-refractivity contribution is 6.31. The van der Waals surface area contributed by atoms with Gasteiger partial charge in [-0.05, 0) is 30.3 Å². The van der Waals surface area contributed by atoms with Gasteiger partial charge in [-0.2, -0.15) is 0 Å². The summed E-state index contributed by atoms with van der Waals surface area (Å²) in [6.45, 7) is 0.242. The molecule has 7 nitrogen and oxygen atoms in total. The maximum atomic E-state index is 12.6. The Morgan fingerprint density at radius 3 is 2.96 bits per heavy atom. The molecule has 4 rings (SSSR count). The highest BCUT2D eigenvalue weighted by Gasteiger charge is 2.28. The van der Waals surface area contributed by atoms with Gasteiger partial charge in [0.25, 0.3) is 5.91 Å². The van der Waals surface area contributed by atoms with E-state index in [1.165, 1.54) is 6.07 Å². The Hall–Kier alpha value is -3.03. The minimum atomic E-state index is -0.595. The molecule has 2 N–H and O–H groups in total. The maximum absolute atomic E-state index is 12.6. The zero-order valence-electron chi connectivity index (χ0n) is 14.0. The van der Waals surface area contributed by atoms with Crippen molar-refractivity contribution in [3.05, 3.63) is 57.8 Å². The van der Waals surface area contributed by atoms with E-state index in [-0.39, 0.29) is 24.9 Å². The molecule has 0 fully saturated rings. The molecule has 0 saturated carbocycles. The molecule has 2 aliphatic heterocycles. The van der Waals surface area contributed by atoms with Crippen LogP contribution in [-0.4, -0.2) is 25.1 Å². The Balaban J connectivity index is 1.65. The van der Waals surface area contributed by atoms with Crippen LogP contribution in [0.2, 0.25) is 5.02 Å². The third-order valence-electron chi connectivity index (χ3n) is 4.01. The molecule has 2 aromatic carbocycles. The average Bonchev–Trinajstić information content (AvgIpc) is 2.95. The number of carbonyl (C=O) groups excluding carboxylic acids is 2. The first-order valence-electron chi connectivity index (χ1n) is 8.03. The summed E-state index contributed by atoms with van der Waals surface area (Å²) in [6.07, 6.45) is 1.59. The van der Waals surface area contributed by atoms with Crippen molar-refractivity contribution in [2.75, 3.05) is 13.4 Å². The average molecular weight is 388 g/mol. The predicted molar refractivity (Wildman–Crippen MR) is 95.8 cm³/mol. The van der Waals surface area contributed by atoms with Gasteiger partial charge in [0.1, 0.15) is 17.2 Å². The van der Waals surface area contributed by atoms with E-state index < -0.39 is 5.91 Å². The number of hydrogen-bond donors (Lipinski definition) is 1. The molecule has 8 heteroatoms. The number of hydrogen-bond acceptors (Lipinski definition) is 6. The van der Waals surface area contributed by atoms with Gasteiger partial charge in [0, 0.05) is 22.2 Å². The van der Waals surface area contributed by atoms with Crippen LogP contribution in [0, 0.1) is 0 Å². The Morgan fingerprint density at radius 2 is 2.15 bits per heavy atom. The van der Waals surface area contributed by atoms with Crippen molar-refractivity contribution < 1.29 is 28.5 Å². The molecular weight excluding hydrogens is 374 g/mol. The highest BCUT2D eigenvalue weighted by Crippen LogP contribution is 2.38. The molecule has 27 heavy (non-hydrogen) atoms. The van der Waals surface area contributed by atoms with Gasteiger partial charge in [0.15, 0.2) is 19.2 Å². The van der Waals surface area contributed by atoms with E-state index in [4.69, 9.17) is 36.3 Å². The van der Waals surface area contributed by atoms with E-state index in [2.05, 4.69) is 0 Å². The highest BCUT2D eigenvalue weighted by atomic mass is 35.5. The zero-order chi connectivity index (χ0) is 19.0. The Morgan fingerprint density at radius 1 is 1.30 bits per heavy atom. The molecule has 0 aliphatic carbocycles. The first-order chi connectivity index (χ1) is 13.0. The fraction of sp³-hybridized carbons (Fsp3) is 0.158. The van der Waals surface area contributed by atoms with Gasteiger partial charge in [0.2, 0.25) is 5.78 Å². The van der Waals surface area contributed by atoms with E-state index in [1.54, 1.807) is 30.3 Å². The molecule has 0 spiro atoms. The lowest BCUT2D eigenvalue weighted by molar-refractivity contribution is -0.119. The van der Waals surface area contributed by atoms with Crippen molar-refractivity contribution >= 4 is 29.4 Å². The van der Waals surface area contributed by atoms with Gasteiger partial charge >= 0.3 is 0 Å².